The predicted molar refractivity (Wildman–Crippen MR) is 47.3 cm³/mol. The highest BCUT2D eigenvalue weighted by molar-refractivity contribution is 5.80. The summed E-state index contributed by atoms with van der Waals surface area (Å²) in [5.74, 6) is 1.39. The fourth-order valence-electron chi connectivity index (χ4n) is 2.85. The lowest BCUT2D eigenvalue weighted by Gasteiger charge is -2.41. The summed E-state index contributed by atoms with van der Waals surface area (Å²) in [7, 11) is 0. The van der Waals surface area contributed by atoms with Crippen LogP contribution >= 0.6 is 0 Å². The maximum Gasteiger partial charge on any atom is 0.236 e. The smallest absolute Gasteiger partial charge is 0.236 e. The van der Waals surface area contributed by atoms with E-state index in [0.717, 1.165) is 12.3 Å². The molecule has 0 spiro atoms. The van der Waals surface area contributed by atoms with E-state index in [2.05, 4.69) is 5.32 Å². The molecule has 3 aliphatic rings. The number of hydrogen-bond acceptors (Lipinski definition) is 2. The molecule has 0 aromatic carbocycles. The average Bonchev–Trinajstić information content (AvgIpc) is 2.20. The number of hydrogen-bond donors (Lipinski definition) is 1. The van der Waals surface area contributed by atoms with Crippen molar-refractivity contribution in [2.75, 3.05) is 0 Å². The number of carbonyl (C=O) groups is 1. The van der Waals surface area contributed by atoms with Gasteiger partial charge in [0.15, 0.2) is 6.19 Å². The van der Waals surface area contributed by atoms with Crippen molar-refractivity contribution in [2.45, 2.75) is 32.1 Å². The summed E-state index contributed by atoms with van der Waals surface area (Å²) in [6.45, 7) is 0. The fraction of sp³-hybridized carbons (Fsp3) is 0.800. The number of nitriles is 1. The van der Waals surface area contributed by atoms with Gasteiger partial charge in [-0.2, -0.15) is 5.26 Å². The molecular formula is C10H14N2O. The molecule has 0 heterocycles. The average molecular weight is 178 g/mol. The Hall–Kier alpha value is -1.04. The normalized spacial score (nSPS) is 36.7. The molecule has 3 fully saturated rings. The van der Waals surface area contributed by atoms with Gasteiger partial charge in [0.1, 0.15) is 0 Å². The summed E-state index contributed by atoms with van der Waals surface area (Å²) in [5, 5.41) is 10.6. The molecule has 1 unspecified atom stereocenters. The van der Waals surface area contributed by atoms with Crippen molar-refractivity contribution in [1.29, 1.82) is 5.26 Å². The molecule has 0 aliphatic heterocycles. The van der Waals surface area contributed by atoms with Gasteiger partial charge in [0, 0.05) is 5.92 Å². The van der Waals surface area contributed by atoms with Crippen LogP contribution in [0.5, 0.6) is 0 Å². The molecule has 1 amide bonds. The van der Waals surface area contributed by atoms with Crippen LogP contribution in [0.2, 0.25) is 0 Å². The van der Waals surface area contributed by atoms with Gasteiger partial charge < -0.3 is 0 Å². The number of amides is 1. The third-order valence-electron chi connectivity index (χ3n) is 3.56. The molecule has 3 heteroatoms. The quantitative estimate of drug-likeness (QED) is 0.487. The minimum atomic E-state index is -0.0445. The standard InChI is InChI=1S/C10H14N2O/c11-6-12-10(13)9-5-7-1-3-8(9)4-2-7/h7-9H,1-5H2,(H,12,13). The summed E-state index contributed by atoms with van der Waals surface area (Å²) >= 11 is 0. The minimum Gasteiger partial charge on any atom is -0.274 e. The van der Waals surface area contributed by atoms with Gasteiger partial charge in [-0.3, -0.25) is 10.1 Å². The van der Waals surface area contributed by atoms with Gasteiger partial charge in [0.05, 0.1) is 0 Å². The fourth-order valence-corrected chi connectivity index (χ4v) is 2.85. The van der Waals surface area contributed by atoms with E-state index in [4.69, 9.17) is 5.26 Å². The van der Waals surface area contributed by atoms with E-state index in [1.54, 1.807) is 6.19 Å². The molecule has 2 bridgehead atoms. The van der Waals surface area contributed by atoms with E-state index in [9.17, 15) is 4.79 Å². The number of rotatable bonds is 1. The summed E-state index contributed by atoms with van der Waals surface area (Å²) in [4.78, 5) is 11.5. The van der Waals surface area contributed by atoms with E-state index >= 15 is 0 Å². The van der Waals surface area contributed by atoms with Crippen LogP contribution in [0.4, 0.5) is 0 Å². The predicted octanol–water partition coefficient (Wildman–Crippen LogP) is 1.41. The molecule has 3 saturated carbocycles. The Balaban J connectivity index is 2.01. The molecule has 3 nitrogen and oxygen atoms in total. The maximum atomic E-state index is 11.5. The second-order valence-electron chi connectivity index (χ2n) is 4.22. The van der Waals surface area contributed by atoms with E-state index in [-0.39, 0.29) is 11.8 Å². The topological polar surface area (TPSA) is 52.9 Å². The van der Waals surface area contributed by atoms with Gasteiger partial charge in [0.25, 0.3) is 0 Å². The van der Waals surface area contributed by atoms with Gasteiger partial charge in [0.2, 0.25) is 5.91 Å². The zero-order chi connectivity index (χ0) is 9.26. The van der Waals surface area contributed by atoms with Crippen molar-refractivity contribution < 1.29 is 4.79 Å². The highest BCUT2D eigenvalue weighted by Crippen LogP contribution is 2.44. The molecule has 1 N–H and O–H groups in total. The van der Waals surface area contributed by atoms with E-state index in [0.29, 0.717) is 5.92 Å². The number of nitrogens with zero attached hydrogens (tertiary/aromatic N) is 1. The van der Waals surface area contributed by atoms with Crippen molar-refractivity contribution in [3.63, 3.8) is 0 Å². The van der Waals surface area contributed by atoms with Crippen molar-refractivity contribution >= 4 is 5.91 Å². The lowest BCUT2D eigenvalue weighted by Crippen LogP contribution is -2.40. The molecule has 0 saturated heterocycles. The second-order valence-corrected chi connectivity index (χ2v) is 4.22. The lowest BCUT2D eigenvalue weighted by atomic mass is 9.64. The number of carbonyl (C=O) groups excluding carboxylic acids is 1. The number of fused-ring (bicyclic) bond motifs is 3. The van der Waals surface area contributed by atoms with E-state index < -0.39 is 0 Å². The van der Waals surface area contributed by atoms with Crippen LogP contribution in [-0.4, -0.2) is 5.91 Å². The highest BCUT2D eigenvalue weighted by Gasteiger charge is 2.39. The van der Waals surface area contributed by atoms with Gasteiger partial charge >= 0.3 is 0 Å². The van der Waals surface area contributed by atoms with Gasteiger partial charge in [-0.05, 0) is 31.1 Å². The summed E-state index contributed by atoms with van der Waals surface area (Å²) in [6, 6.07) is 0. The number of nitrogens with one attached hydrogen (secondary N) is 1. The van der Waals surface area contributed by atoms with Crippen LogP contribution in [-0.2, 0) is 4.79 Å². The van der Waals surface area contributed by atoms with Crippen LogP contribution in [0.3, 0.4) is 0 Å². The van der Waals surface area contributed by atoms with Gasteiger partial charge in [-0.15, -0.1) is 0 Å². The van der Waals surface area contributed by atoms with Crippen molar-refractivity contribution in [3.05, 3.63) is 0 Å². The molecule has 1 atom stereocenters. The molecular weight excluding hydrogens is 164 g/mol. The Morgan fingerprint density at radius 3 is 2.46 bits per heavy atom. The minimum absolute atomic E-state index is 0.0445. The first-order chi connectivity index (χ1) is 6.31. The van der Waals surface area contributed by atoms with E-state index in [1.165, 1.54) is 25.7 Å². The molecule has 3 aliphatic carbocycles. The van der Waals surface area contributed by atoms with Crippen LogP contribution in [0.15, 0.2) is 0 Å². The summed E-state index contributed by atoms with van der Waals surface area (Å²) in [5.41, 5.74) is 0. The van der Waals surface area contributed by atoms with Crippen LogP contribution in [0.25, 0.3) is 0 Å². The van der Waals surface area contributed by atoms with Crippen molar-refractivity contribution in [1.82, 2.24) is 5.32 Å². The van der Waals surface area contributed by atoms with Crippen molar-refractivity contribution in [3.8, 4) is 6.19 Å². The molecule has 70 valence electrons. The van der Waals surface area contributed by atoms with Gasteiger partial charge in [-0.1, -0.05) is 12.8 Å². The Bertz CT molecular complexity index is 248. The SMILES string of the molecule is N#CNC(=O)C1CC2CCC1CC2. The molecule has 0 aromatic rings. The van der Waals surface area contributed by atoms with Crippen LogP contribution in [0.1, 0.15) is 32.1 Å². The Morgan fingerprint density at radius 1 is 1.31 bits per heavy atom. The van der Waals surface area contributed by atoms with Gasteiger partial charge in [-0.25, -0.2) is 0 Å². The molecule has 0 aromatic heterocycles. The Kier molecular flexibility index (Phi) is 2.22. The van der Waals surface area contributed by atoms with Crippen LogP contribution in [0, 0.1) is 29.2 Å². The molecule has 3 rings (SSSR count). The molecule has 13 heavy (non-hydrogen) atoms. The maximum absolute atomic E-state index is 11.5. The highest BCUT2D eigenvalue weighted by atomic mass is 16.1. The lowest BCUT2D eigenvalue weighted by molar-refractivity contribution is -0.129. The van der Waals surface area contributed by atoms with E-state index in [1.807, 2.05) is 0 Å². The van der Waals surface area contributed by atoms with Crippen LogP contribution < -0.4 is 5.32 Å². The first kappa shape index (κ1) is 8.55. The Labute approximate surface area is 78.1 Å². The largest absolute Gasteiger partial charge is 0.274 e. The zero-order valence-electron chi connectivity index (χ0n) is 7.62. The Morgan fingerprint density at radius 2 is 2.00 bits per heavy atom. The third kappa shape index (κ3) is 1.53. The van der Waals surface area contributed by atoms with Crippen molar-refractivity contribution in [2.24, 2.45) is 17.8 Å². The third-order valence-corrected chi connectivity index (χ3v) is 3.56. The summed E-state index contributed by atoms with van der Waals surface area (Å²) in [6.07, 6.45) is 7.70. The molecule has 0 radical (unpaired) electrons. The first-order valence-corrected chi connectivity index (χ1v) is 5.00. The zero-order valence-corrected chi connectivity index (χ0v) is 7.62. The summed E-state index contributed by atoms with van der Waals surface area (Å²) < 4.78 is 0. The monoisotopic (exact) mass is 178 g/mol. The first-order valence-electron chi connectivity index (χ1n) is 5.00. The second kappa shape index (κ2) is 3.37.